The summed E-state index contributed by atoms with van der Waals surface area (Å²) in [5, 5.41) is 12.6. The molecule has 3 heterocycles. The van der Waals surface area contributed by atoms with Crippen LogP contribution in [0.15, 0.2) is 42.7 Å². The molecular formula is C29H30Cl2N6O4. The molecule has 0 atom stereocenters. The Morgan fingerprint density at radius 1 is 1.12 bits per heavy atom. The molecule has 10 nitrogen and oxygen atoms in total. The third kappa shape index (κ3) is 5.37. The number of hydrogen-bond donors (Lipinski definition) is 1. The van der Waals surface area contributed by atoms with Gasteiger partial charge in [0.1, 0.15) is 24.7 Å². The van der Waals surface area contributed by atoms with Crippen molar-refractivity contribution in [3.05, 3.63) is 64.0 Å². The third-order valence-corrected chi connectivity index (χ3v) is 7.48. The first-order chi connectivity index (χ1) is 19.4. The van der Waals surface area contributed by atoms with Crippen LogP contribution in [0.3, 0.4) is 0 Å². The average molecular weight is 598 g/mol. The Balaban J connectivity index is 1.73. The number of carbonyl (C=O) groups excluding carboxylic acids is 2. The minimum atomic E-state index is -0.435. The number of rotatable bonds is 6. The maximum atomic E-state index is 13.7. The first-order valence-electron chi connectivity index (χ1n) is 12.9. The highest BCUT2D eigenvalue weighted by Gasteiger charge is 2.34. The minimum Gasteiger partial charge on any atom is -0.496 e. The number of aromatic nitrogens is 4. The van der Waals surface area contributed by atoms with Gasteiger partial charge in [0.2, 0.25) is 5.91 Å². The monoisotopic (exact) mass is 596 g/mol. The summed E-state index contributed by atoms with van der Waals surface area (Å²) in [6, 6.07) is 8.84. The van der Waals surface area contributed by atoms with Crippen molar-refractivity contribution in [1.29, 1.82) is 0 Å². The van der Waals surface area contributed by atoms with Gasteiger partial charge in [-0.25, -0.2) is 4.68 Å². The van der Waals surface area contributed by atoms with Gasteiger partial charge in [0.05, 0.1) is 24.7 Å². The number of fused-ring (bicyclic) bond motifs is 3. The molecule has 0 unspecified atom stereocenters. The van der Waals surface area contributed by atoms with E-state index in [0.29, 0.717) is 44.1 Å². The van der Waals surface area contributed by atoms with Crippen molar-refractivity contribution in [2.24, 2.45) is 0 Å². The highest BCUT2D eigenvalue weighted by molar-refractivity contribution is 6.34. The normalized spacial score (nSPS) is 12.3. The summed E-state index contributed by atoms with van der Waals surface area (Å²) in [6.45, 7) is 6.08. The maximum absolute atomic E-state index is 13.7. The Morgan fingerprint density at radius 2 is 1.83 bits per heavy atom. The lowest BCUT2D eigenvalue weighted by Crippen LogP contribution is -2.43. The lowest BCUT2D eigenvalue weighted by atomic mass is 9.96. The van der Waals surface area contributed by atoms with Crippen LogP contribution in [0.5, 0.6) is 11.5 Å². The predicted octanol–water partition coefficient (Wildman–Crippen LogP) is 5.23. The van der Waals surface area contributed by atoms with Crippen molar-refractivity contribution in [2.75, 3.05) is 21.2 Å². The number of halogens is 2. The molecule has 0 aliphatic carbocycles. The largest absolute Gasteiger partial charge is 0.496 e. The van der Waals surface area contributed by atoms with Crippen molar-refractivity contribution in [3.8, 4) is 39.6 Å². The predicted molar refractivity (Wildman–Crippen MR) is 157 cm³/mol. The van der Waals surface area contributed by atoms with E-state index >= 15 is 0 Å². The van der Waals surface area contributed by atoms with Crippen LogP contribution in [0.25, 0.3) is 28.1 Å². The summed E-state index contributed by atoms with van der Waals surface area (Å²) in [5.41, 5.74) is 3.91. The van der Waals surface area contributed by atoms with Crippen LogP contribution in [0.2, 0.25) is 10.0 Å². The number of nitrogens with one attached hydrogen (secondary N) is 1. The molecule has 2 aromatic carbocycles. The fourth-order valence-electron chi connectivity index (χ4n) is 4.57. The molecule has 41 heavy (non-hydrogen) atoms. The molecule has 0 saturated carbocycles. The Morgan fingerprint density at radius 3 is 2.46 bits per heavy atom. The Kier molecular flexibility index (Phi) is 7.48. The van der Waals surface area contributed by atoms with E-state index in [2.05, 4.69) is 10.4 Å². The summed E-state index contributed by atoms with van der Waals surface area (Å²) in [7, 11) is 4.90. The van der Waals surface area contributed by atoms with Crippen molar-refractivity contribution < 1.29 is 19.1 Å². The molecule has 0 radical (unpaired) electrons. The van der Waals surface area contributed by atoms with Gasteiger partial charge in [0, 0.05) is 64.2 Å². The van der Waals surface area contributed by atoms with Crippen LogP contribution in [0, 0.1) is 0 Å². The van der Waals surface area contributed by atoms with E-state index in [1.807, 2.05) is 26.8 Å². The molecule has 0 bridgehead atoms. The molecule has 1 N–H and O–H groups in total. The topological polar surface area (TPSA) is 104 Å². The van der Waals surface area contributed by atoms with Crippen LogP contribution in [-0.2, 0) is 17.9 Å². The summed E-state index contributed by atoms with van der Waals surface area (Å²) < 4.78 is 15.1. The highest BCUT2D eigenvalue weighted by Crippen LogP contribution is 2.46. The summed E-state index contributed by atoms with van der Waals surface area (Å²) in [6.07, 6.45) is 3.43. The van der Waals surface area contributed by atoms with Gasteiger partial charge in [-0.05, 0) is 45.0 Å². The molecule has 2 aromatic heterocycles. The number of hydrogen-bond acceptors (Lipinski definition) is 6. The second-order valence-electron chi connectivity index (χ2n) is 10.7. The number of amides is 2. The Labute approximate surface area is 247 Å². The standard InChI is InChI=1S/C29H30Cl2N6O4/c1-29(2,3)35(5)28(39)26-22-15-41-24-11-23(40-6)20(16-12-33-36(13-16)14-25(38)32-4)10-21(24)27(22)37(34-26)19-8-17(30)7-18(31)9-19/h7-13H,14-15H2,1-6H3,(H,32,38). The van der Waals surface area contributed by atoms with Gasteiger partial charge in [0.15, 0.2) is 5.69 Å². The number of ether oxygens (including phenoxy) is 2. The molecule has 0 fully saturated rings. The smallest absolute Gasteiger partial charge is 0.274 e. The molecule has 4 aromatic rings. The van der Waals surface area contributed by atoms with E-state index in [1.54, 1.807) is 72.1 Å². The zero-order chi connectivity index (χ0) is 29.6. The molecular weight excluding hydrogens is 567 g/mol. The lowest BCUT2D eigenvalue weighted by molar-refractivity contribution is -0.121. The van der Waals surface area contributed by atoms with E-state index in [4.69, 9.17) is 37.8 Å². The maximum Gasteiger partial charge on any atom is 0.274 e. The van der Waals surface area contributed by atoms with Gasteiger partial charge >= 0.3 is 0 Å². The minimum absolute atomic E-state index is 0.0755. The fourth-order valence-corrected chi connectivity index (χ4v) is 5.09. The van der Waals surface area contributed by atoms with Crippen LogP contribution in [0.1, 0.15) is 36.8 Å². The van der Waals surface area contributed by atoms with Crippen LogP contribution < -0.4 is 14.8 Å². The highest BCUT2D eigenvalue weighted by atomic mass is 35.5. The molecule has 1 aliphatic heterocycles. The Hall–Kier alpha value is -4.02. The van der Waals surface area contributed by atoms with Crippen molar-refractivity contribution in [1.82, 2.24) is 29.8 Å². The van der Waals surface area contributed by atoms with Crippen LogP contribution in [-0.4, -0.2) is 63.0 Å². The average Bonchev–Trinajstić information content (AvgIpc) is 3.55. The third-order valence-electron chi connectivity index (χ3n) is 7.05. The van der Waals surface area contributed by atoms with Gasteiger partial charge in [-0.15, -0.1) is 0 Å². The molecule has 0 saturated heterocycles. The van der Waals surface area contributed by atoms with E-state index in [0.717, 1.165) is 11.1 Å². The number of likely N-dealkylation sites (N-methyl/N-ethyl adjacent to an activating group) is 1. The Bertz CT molecular complexity index is 1650. The summed E-state index contributed by atoms with van der Waals surface area (Å²) in [4.78, 5) is 27.3. The quantitative estimate of drug-likeness (QED) is 0.327. The number of nitrogens with zero attached hydrogens (tertiary/aromatic N) is 5. The van der Waals surface area contributed by atoms with Gasteiger partial charge < -0.3 is 19.7 Å². The van der Waals surface area contributed by atoms with Crippen LogP contribution >= 0.6 is 23.2 Å². The van der Waals surface area contributed by atoms with Crippen molar-refractivity contribution >= 4 is 35.0 Å². The molecule has 2 amide bonds. The van der Waals surface area contributed by atoms with E-state index in [9.17, 15) is 9.59 Å². The molecule has 214 valence electrons. The van der Waals surface area contributed by atoms with Crippen molar-refractivity contribution in [3.63, 3.8) is 0 Å². The first-order valence-corrected chi connectivity index (χ1v) is 13.6. The van der Waals surface area contributed by atoms with Gasteiger partial charge in [-0.3, -0.25) is 14.3 Å². The van der Waals surface area contributed by atoms with Gasteiger partial charge in [-0.2, -0.15) is 10.2 Å². The van der Waals surface area contributed by atoms with Crippen LogP contribution in [0.4, 0.5) is 0 Å². The molecule has 12 heteroatoms. The number of carbonyl (C=O) groups is 2. The molecule has 1 aliphatic rings. The zero-order valence-corrected chi connectivity index (χ0v) is 25.1. The summed E-state index contributed by atoms with van der Waals surface area (Å²) in [5.74, 6) is 0.717. The summed E-state index contributed by atoms with van der Waals surface area (Å²) >= 11 is 12.8. The second kappa shape index (κ2) is 10.8. The lowest BCUT2D eigenvalue weighted by Gasteiger charge is -2.31. The van der Waals surface area contributed by atoms with E-state index < -0.39 is 5.54 Å². The second-order valence-corrected chi connectivity index (χ2v) is 11.6. The molecule has 5 rings (SSSR count). The van der Waals surface area contributed by atoms with Crippen molar-refractivity contribution in [2.45, 2.75) is 39.5 Å². The first kappa shape index (κ1) is 28.5. The molecule has 0 spiro atoms. The zero-order valence-electron chi connectivity index (χ0n) is 23.6. The fraction of sp³-hybridized carbons (Fsp3) is 0.310. The van der Waals surface area contributed by atoms with Gasteiger partial charge in [0.25, 0.3) is 5.91 Å². The number of methoxy groups -OCH3 is 1. The van der Waals surface area contributed by atoms with E-state index in [-0.39, 0.29) is 30.7 Å². The van der Waals surface area contributed by atoms with Gasteiger partial charge in [-0.1, -0.05) is 23.2 Å². The SMILES string of the molecule is CNC(=O)Cn1cc(-c2cc3c(cc2OC)OCc2c(C(=O)N(C)C(C)(C)C)nn(-c4cc(Cl)cc(Cl)c4)c2-3)cn1. The number of benzene rings is 2. The van der Waals surface area contributed by atoms with E-state index in [1.165, 1.54) is 0 Å².